The highest BCUT2D eigenvalue weighted by Gasteiger charge is 2.26. The summed E-state index contributed by atoms with van der Waals surface area (Å²) in [4.78, 5) is 12.0. The quantitative estimate of drug-likeness (QED) is 0.802. The monoisotopic (exact) mass is 326 g/mol. The number of carbonyl (C=O) groups is 1. The number of sulfonamides is 1. The minimum Gasteiger partial charge on any atom is -0.377 e. The number of ether oxygens (including phenoxy) is 1. The van der Waals surface area contributed by atoms with Crippen LogP contribution in [0.4, 0.5) is 0 Å². The second-order valence-electron chi connectivity index (χ2n) is 5.45. The third-order valence-corrected chi connectivity index (χ3v) is 4.77. The van der Waals surface area contributed by atoms with Crippen molar-refractivity contribution in [3.05, 3.63) is 35.9 Å². The summed E-state index contributed by atoms with van der Waals surface area (Å²) in [7, 11) is -3.44. The molecule has 0 spiro atoms. The zero-order valence-electron chi connectivity index (χ0n) is 12.7. The molecule has 1 fully saturated rings. The van der Waals surface area contributed by atoms with Crippen molar-refractivity contribution in [3.63, 3.8) is 0 Å². The van der Waals surface area contributed by atoms with Crippen molar-refractivity contribution in [3.8, 4) is 0 Å². The molecule has 1 N–H and O–H groups in total. The topological polar surface area (TPSA) is 75.7 Å². The lowest BCUT2D eigenvalue weighted by atomic mass is 10.2. The van der Waals surface area contributed by atoms with Crippen LogP contribution in [0.25, 0.3) is 0 Å². The van der Waals surface area contributed by atoms with Crippen LogP contribution in [0.5, 0.6) is 0 Å². The lowest BCUT2D eigenvalue weighted by Gasteiger charge is -2.22. The third-order valence-electron chi connectivity index (χ3n) is 3.55. The van der Waals surface area contributed by atoms with E-state index in [0.717, 1.165) is 24.7 Å². The zero-order valence-corrected chi connectivity index (χ0v) is 13.5. The average Bonchev–Trinajstić information content (AvgIpc) is 2.98. The van der Waals surface area contributed by atoms with E-state index >= 15 is 0 Å². The fourth-order valence-electron chi connectivity index (χ4n) is 2.35. The highest BCUT2D eigenvalue weighted by Crippen LogP contribution is 2.14. The van der Waals surface area contributed by atoms with Crippen LogP contribution >= 0.6 is 0 Å². The zero-order chi connectivity index (χ0) is 16.0. The summed E-state index contributed by atoms with van der Waals surface area (Å²) in [6.07, 6.45) is 2.77. The molecule has 1 atom stereocenters. The molecule has 1 aromatic rings. The molecule has 22 heavy (non-hydrogen) atoms. The predicted octanol–water partition coefficient (Wildman–Crippen LogP) is 0.743. The molecule has 1 aliphatic rings. The van der Waals surface area contributed by atoms with Crippen molar-refractivity contribution in [1.29, 1.82) is 0 Å². The highest BCUT2D eigenvalue weighted by atomic mass is 32.2. The Kier molecular flexibility index (Phi) is 5.93. The number of amides is 1. The van der Waals surface area contributed by atoms with Gasteiger partial charge in [-0.25, -0.2) is 8.42 Å². The van der Waals surface area contributed by atoms with Crippen molar-refractivity contribution in [2.24, 2.45) is 0 Å². The Morgan fingerprint density at radius 1 is 1.36 bits per heavy atom. The van der Waals surface area contributed by atoms with Gasteiger partial charge in [-0.2, -0.15) is 4.31 Å². The van der Waals surface area contributed by atoms with Crippen LogP contribution in [-0.4, -0.2) is 50.7 Å². The van der Waals surface area contributed by atoms with Crippen LogP contribution < -0.4 is 5.32 Å². The molecule has 0 aromatic heterocycles. The van der Waals surface area contributed by atoms with Gasteiger partial charge in [0.2, 0.25) is 15.9 Å². The van der Waals surface area contributed by atoms with Crippen molar-refractivity contribution < 1.29 is 17.9 Å². The van der Waals surface area contributed by atoms with Gasteiger partial charge in [0.25, 0.3) is 0 Å². The normalized spacial score (nSPS) is 18.5. The van der Waals surface area contributed by atoms with Gasteiger partial charge in [0.1, 0.15) is 0 Å². The van der Waals surface area contributed by atoms with Crippen molar-refractivity contribution in [1.82, 2.24) is 9.62 Å². The second kappa shape index (κ2) is 7.71. The SMILES string of the molecule is CS(=O)(=O)N(CC(=O)NCc1ccccc1)CC1CCCO1. The molecule has 122 valence electrons. The Labute approximate surface area is 131 Å². The average molecular weight is 326 g/mol. The summed E-state index contributed by atoms with van der Waals surface area (Å²) in [5.74, 6) is -0.313. The molecule has 0 aliphatic carbocycles. The molecular formula is C15H22N2O4S. The largest absolute Gasteiger partial charge is 0.377 e. The number of rotatable bonds is 7. The molecule has 1 amide bonds. The number of hydrogen-bond acceptors (Lipinski definition) is 4. The molecule has 0 radical (unpaired) electrons. The Bertz CT molecular complexity index is 583. The van der Waals surface area contributed by atoms with E-state index in [1.54, 1.807) is 0 Å². The first-order valence-corrected chi connectivity index (χ1v) is 9.17. The highest BCUT2D eigenvalue weighted by molar-refractivity contribution is 7.88. The molecule has 1 saturated heterocycles. The third kappa shape index (κ3) is 5.40. The van der Waals surface area contributed by atoms with Gasteiger partial charge in [0.05, 0.1) is 18.9 Å². The van der Waals surface area contributed by atoms with Gasteiger partial charge in [-0.15, -0.1) is 0 Å². The molecule has 0 saturated carbocycles. The number of carbonyl (C=O) groups excluding carboxylic acids is 1. The van der Waals surface area contributed by atoms with Crippen LogP contribution in [0.1, 0.15) is 18.4 Å². The lowest BCUT2D eigenvalue weighted by molar-refractivity contribution is -0.121. The maximum Gasteiger partial charge on any atom is 0.235 e. The van der Waals surface area contributed by atoms with Crippen molar-refractivity contribution in [2.45, 2.75) is 25.5 Å². The molecule has 0 bridgehead atoms. The molecule has 2 rings (SSSR count). The molecular weight excluding hydrogens is 304 g/mol. The molecule has 1 heterocycles. The fraction of sp³-hybridized carbons (Fsp3) is 0.533. The van der Waals surface area contributed by atoms with Crippen LogP contribution in [0.3, 0.4) is 0 Å². The Morgan fingerprint density at radius 3 is 2.68 bits per heavy atom. The second-order valence-corrected chi connectivity index (χ2v) is 7.44. The number of nitrogens with zero attached hydrogens (tertiary/aromatic N) is 1. The van der Waals surface area contributed by atoms with Crippen LogP contribution in [-0.2, 0) is 26.1 Å². The molecule has 1 unspecified atom stereocenters. The van der Waals surface area contributed by atoms with Gasteiger partial charge in [0, 0.05) is 19.7 Å². The minimum atomic E-state index is -3.44. The summed E-state index contributed by atoms with van der Waals surface area (Å²) < 4.78 is 30.3. The fourth-order valence-corrected chi connectivity index (χ4v) is 3.13. The van der Waals surface area contributed by atoms with E-state index in [4.69, 9.17) is 4.74 Å². The van der Waals surface area contributed by atoms with E-state index < -0.39 is 10.0 Å². The standard InChI is InChI=1S/C15H22N2O4S/c1-22(19,20)17(11-14-8-5-9-21-14)12-15(18)16-10-13-6-3-2-4-7-13/h2-4,6-7,14H,5,8-12H2,1H3,(H,16,18). The van der Waals surface area contributed by atoms with E-state index in [-0.39, 0.29) is 25.1 Å². The van der Waals surface area contributed by atoms with E-state index in [1.807, 2.05) is 30.3 Å². The summed E-state index contributed by atoms with van der Waals surface area (Å²) in [5.41, 5.74) is 0.973. The number of hydrogen-bond donors (Lipinski definition) is 1. The van der Waals surface area contributed by atoms with Crippen LogP contribution in [0.15, 0.2) is 30.3 Å². The summed E-state index contributed by atoms with van der Waals surface area (Å²) in [6.45, 7) is 1.10. The van der Waals surface area contributed by atoms with E-state index in [0.29, 0.717) is 13.2 Å². The van der Waals surface area contributed by atoms with Gasteiger partial charge in [-0.05, 0) is 18.4 Å². The molecule has 7 heteroatoms. The maximum absolute atomic E-state index is 12.0. The van der Waals surface area contributed by atoms with Gasteiger partial charge < -0.3 is 10.1 Å². The first-order valence-electron chi connectivity index (χ1n) is 7.32. The lowest BCUT2D eigenvalue weighted by Crippen LogP contribution is -2.43. The molecule has 1 aliphatic heterocycles. The summed E-state index contributed by atoms with van der Waals surface area (Å²) in [6, 6.07) is 9.49. The molecule has 6 nitrogen and oxygen atoms in total. The van der Waals surface area contributed by atoms with Gasteiger partial charge in [-0.1, -0.05) is 30.3 Å². The van der Waals surface area contributed by atoms with Crippen molar-refractivity contribution >= 4 is 15.9 Å². The summed E-state index contributed by atoms with van der Waals surface area (Å²) >= 11 is 0. The maximum atomic E-state index is 12.0. The van der Waals surface area contributed by atoms with E-state index in [1.165, 1.54) is 4.31 Å². The molecule has 1 aromatic carbocycles. The Morgan fingerprint density at radius 2 is 2.09 bits per heavy atom. The smallest absolute Gasteiger partial charge is 0.235 e. The van der Waals surface area contributed by atoms with Crippen LogP contribution in [0.2, 0.25) is 0 Å². The predicted molar refractivity (Wildman–Crippen MR) is 83.7 cm³/mol. The van der Waals surface area contributed by atoms with Gasteiger partial charge >= 0.3 is 0 Å². The first kappa shape index (κ1) is 16.9. The van der Waals surface area contributed by atoms with E-state index in [2.05, 4.69) is 5.32 Å². The van der Waals surface area contributed by atoms with Gasteiger partial charge in [-0.3, -0.25) is 4.79 Å². The van der Waals surface area contributed by atoms with Crippen LogP contribution in [0, 0.1) is 0 Å². The van der Waals surface area contributed by atoms with Gasteiger partial charge in [0.15, 0.2) is 0 Å². The summed E-state index contributed by atoms with van der Waals surface area (Å²) in [5, 5.41) is 2.74. The number of benzene rings is 1. The first-order chi connectivity index (χ1) is 10.4. The Balaban J connectivity index is 1.87. The minimum absolute atomic E-state index is 0.114. The van der Waals surface area contributed by atoms with Crippen molar-refractivity contribution in [2.75, 3.05) is 26.0 Å². The Hall–Kier alpha value is -1.44. The number of nitrogens with one attached hydrogen (secondary N) is 1. The van der Waals surface area contributed by atoms with E-state index in [9.17, 15) is 13.2 Å².